The number of ether oxygens (including phenoxy) is 1. The van der Waals surface area contributed by atoms with Crippen LogP contribution in [0.4, 0.5) is 0 Å². The number of nitrogens with one attached hydrogen (secondary N) is 1. The molecule has 0 heterocycles. The Bertz CT molecular complexity index is 497. The summed E-state index contributed by atoms with van der Waals surface area (Å²) >= 11 is 0. The van der Waals surface area contributed by atoms with Gasteiger partial charge in [0.15, 0.2) is 6.29 Å². The van der Waals surface area contributed by atoms with Gasteiger partial charge >= 0.3 is 0 Å². The molecule has 0 fully saturated rings. The first-order chi connectivity index (χ1) is 8.67. The quantitative estimate of drug-likeness (QED) is 0.495. The zero-order valence-corrected chi connectivity index (χ0v) is 10.4. The number of hydrogen-bond acceptors (Lipinski definition) is 3. The molecule has 0 atom stereocenters. The Kier molecular flexibility index (Phi) is 5.46. The normalized spacial score (nSPS) is 9.00. The van der Waals surface area contributed by atoms with Crippen LogP contribution in [0, 0.1) is 11.8 Å². The number of carbonyl (C=O) groups excluding carboxylic acids is 2. The van der Waals surface area contributed by atoms with E-state index in [2.05, 4.69) is 17.2 Å². The van der Waals surface area contributed by atoms with Crippen LogP contribution in [0.1, 0.15) is 29.3 Å². The Morgan fingerprint density at radius 2 is 2.28 bits per heavy atom. The summed E-state index contributed by atoms with van der Waals surface area (Å²) in [5, 5.41) is 2.66. The highest BCUT2D eigenvalue weighted by Gasteiger charge is 2.01. The van der Waals surface area contributed by atoms with Crippen LogP contribution in [0.3, 0.4) is 0 Å². The second kappa shape index (κ2) is 7.13. The van der Waals surface area contributed by atoms with E-state index in [4.69, 9.17) is 4.74 Å². The summed E-state index contributed by atoms with van der Waals surface area (Å²) in [7, 11) is 1.51. The fraction of sp³-hybridized carbons (Fsp3) is 0.286. The van der Waals surface area contributed by atoms with Crippen LogP contribution in [-0.4, -0.2) is 25.8 Å². The van der Waals surface area contributed by atoms with Gasteiger partial charge in [0, 0.05) is 25.5 Å². The summed E-state index contributed by atoms with van der Waals surface area (Å²) in [5.41, 5.74) is 1.28. The number of aldehydes is 1. The van der Waals surface area contributed by atoms with Crippen LogP contribution in [-0.2, 0) is 4.79 Å². The third-order valence-corrected chi connectivity index (χ3v) is 2.22. The van der Waals surface area contributed by atoms with Gasteiger partial charge in [0.25, 0.3) is 0 Å². The van der Waals surface area contributed by atoms with Crippen molar-refractivity contribution in [3.63, 3.8) is 0 Å². The smallest absolute Gasteiger partial charge is 0.216 e. The molecule has 1 rings (SSSR count). The molecule has 4 heteroatoms. The van der Waals surface area contributed by atoms with Crippen LogP contribution in [0.25, 0.3) is 0 Å². The Balaban J connectivity index is 2.65. The van der Waals surface area contributed by atoms with Gasteiger partial charge in [0.2, 0.25) is 5.91 Å². The molecule has 0 saturated carbocycles. The Labute approximate surface area is 106 Å². The zero-order valence-electron chi connectivity index (χ0n) is 10.4. The van der Waals surface area contributed by atoms with Crippen molar-refractivity contribution in [2.45, 2.75) is 13.3 Å². The van der Waals surface area contributed by atoms with Crippen molar-refractivity contribution < 1.29 is 14.3 Å². The molecule has 1 aromatic carbocycles. The molecule has 0 aliphatic heterocycles. The van der Waals surface area contributed by atoms with Crippen molar-refractivity contribution in [1.29, 1.82) is 0 Å². The van der Waals surface area contributed by atoms with Crippen molar-refractivity contribution in [3.05, 3.63) is 29.3 Å². The van der Waals surface area contributed by atoms with E-state index in [0.29, 0.717) is 24.3 Å². The highest BCUT2D eigenvalue weighted by Crippen LogP contribution is 2.17. The SMILES string of the molecule is COc1cc(C#CCCNC(C)=O)ccc1C=O. The van der Waals surface area contributed by atoms with Crippen LogP contribution in [0.15, 0.2) is 18.2 Å². The number of hydrogen-bond donors (Lipinski definition) is 1. The molecule has 0 saturated heterocycles. The molecule has 1 N–H and O–H groups in total. The van der Waals surface area contributed by atoms with Crippen molar-refractivity contribution in [1.82, 2.24) is 5.32 Å². The maximum Gasteiger partial charge on any atom is 0.216 e. The molecule has 1 aromatic rings. The summed E-state index contributed by atoms with van der Waals surface area (Å²) in [6, 6.07) is 5.15. The second-order valence-corrected chi connectivity index (χ2v) is 3.61. The standard InChI is InChI=1S/C14H15NO3/c1-11(17)15-8-4-3-5-12-6-7-13(10-16)14(9-12)18-2/h6-7,9-10H,4,8H2,1-2H3,(H,15,17). The number of amides is 1. The Morgan fingerprint density at radius 1 is 1.50 bits per heavy atom. The fourth-order valence-electron chi connectivity index (χ4n) is 1.35. The van der Waals surface area contributed by atoms with Crippen LogP contribution in [0.2, 0.25) is 0 Å². The second-order valence-electron chi connectivity index (χ2n) is 3.61. The lowest BCUT2D eigenvalue weighted by molar-refractivity contribution is -0.118. The average molecular weight is 245 g/mol. The van der Waals surface area contributed by atoms with Gasteiger partial charge in [-0.1, -0.05) is 11.8 Å². The molecule has 0 unspecified atom stereocenters. The largest absolute Gasteiger partial charge is 0.496 e. The van der Waals surface area contributed by atoms with Crippen LogP contribution >= 0.6 is 0 Å². The lowest BCUT2D eigenvalue weighted by Gasteiger charge is -2.02. The zero-order chi connectivity index (χ0) is 13.4. The van der Waals surface area contributed by atoms with E-state index in [1.165, 1.54) is 14.0 Å². The molecule has 0 bridgehead atoms. The lowest BCUT2D eigenvalue weighted by Crippen LogP contribution is -2.20. The summed E-state index contributed by atoms with van der Waals surface area (Å²) < 4.78 is 5.08. The van der Waals surface area contributed by atoms with Crippen LogP contribution in [0.5, 0.6) is 5.75 Å². The van der Waals surface area contributed by atoms with Crippen molar-refractivity contribution >= 4 is 12.2 Å². The summed E-state index contributed by atoms with van der Waals surface area (Å²) in [6.07, 6.45) is 1.32. The maximum absolute atomic E-state index is 10.7. The molecular weight excluding hydrogens is 230 g/mol. The third kappa shape index (κ3) is 4.30. The number of benzene rings is 1. The van der Waals surface area contributed by atoms with Gasteiger partial charge in [0.05, 0.1) is 12.7 Å². The molecule has 94 valence electrons. The topological polar surface area (TPSA) is 55.4 Å². The minimum atomic E-state index is -0.0613. The highest BCUT2D eigenvalue weighted by molar-refractivity contribution is 5.79. The summed E-state index contributed by atoms with van der Waals surface area (Å²) in [4.78, 5) is 21.3. The van der Waals surface area contributed by atoms with E-state index < -0.39 is 0 Å². The van der Waals surface area contributed by atoms with Crippen LogP contribution < -0.4 is 10.1 Å². The van der Waals surface area contributed by atoms with E-state index in [1.54, 1.807) is 18.2 Å². The molecule has 18 heavy (non-hydrogen) atoms. The average Bonchev–Trinajstić information content (AvgIpc) is 2.37. The molecule has 0 aliphatic carbocycles. The summed E-state index contributed by atoms with van der Waals surface area (Å²) in [5.74, 6) is 6.34. The van der Waals surface area contributed by atoms with Gasteiger partial charge in [0.1, 0.15) is 5.75 Å². The van der Waals surface area contributed by atoms with E-state index in [1.807, 2.05) is 0 Å². The van der Waals surface area contributed by atoms with Crippen molar-refractivity contribution in [3.8, 4) is 17.6 Å². The van der Waals surface area contributed by atoms with Gasteiger partial charge < -0.3 is 10.1 Å². The number of rotatable bonds is 4. The predicted molar refractivity (Wildman–Crippen MR) is 68.6 cm³/mol. The van der Waals surface area contributed by atoms with E-state index in [-0.39, 0.29) is 5.91 Å². The van der Waals surface area contributed by atoms with Crippen molar-refractivity contribution in [2.24, 2.45) is 0 Å². The fourth-order valence-corrected chi connectivity index (χ4v) is 1.35. The van der Waals surface area contributed by atoms with Gasteiger partial charge in [-0.2, -0.15) is 0 Å². The predicted octanol–water partition coefficient (Wildman–Crippen LogP) is 1.39. The third-order valence-electron chi connectivity index (χ3n) is 2.22. The molecular formula is C14H15NO3. The number of carbonyl (C=O) groups is 2. The molecule has 0 aromatic heterocycles. The molecule has 0 radical (unpaired) electrons. The minimum Gasteiger partial charge on any atom is -0.496 e. The summed E-state index contributed by atoms with van der Waals surface area (Å²) in [6.45, 7) is 2.00. The Hall–Kier alpha value is -2.28. The molecule has 0 spiro atoms. The molecule has 4 nitrogen and oxygen atoms in total. The van der Waals surface area contributed by atoms with Crippen molar-refractivity contribution in [2.75, 3.05) is 13.7 Å². The molecule has 0 aliphatic rings. The van der Waals surface area contributed by atoms with Gasteiger partial charge in [-0.05, 0) is 18.2 Å². The first kappa shape index (κ1) is 13.8. The lowest BCUT2D eigenvalue weighted by atomic mass is 10.1. The van der Waals surface area contributed by atoms with E-state index in [9.17, 15) is 9.59 Å². The molecule has 1 amide bonds. The van der Waals surface area contributed by atoms with Gasteiger partial charge in [-0.15, -0.1) is 0 Å². The van der Waals surface area contributed by atoms with E-state index in [0.717, 1.165) is 11.8 Å². The van der Waals surface area contributed by atoms with E-state index >= 15 is 0 Å². The maximum atomic E-state index is 10.7. The Morgan fingerprint density at radius 3 is 2.89 bits per heavy atom. The number of methoxy groups -OCH3 is 1. The monoisotopic (exact) mass is 245 g/mol. The van der Waals surface area contributed by atoms with Gasteiger partial charge in [-0.3, -0.25) is 9.59 Å². The minimum absolute atomic E-state index is 0.0613. The first-order valence-electron chi connectivity index (χ1n) is 5.54. The first-order valence-corrected chi connectivity index (χ1v) is 5.54. The highest BCUT2D eigenvalue weighted by atomic mass is 16.5. The van der Waals surface area contributed by atoms with Gasteiger partial charge in [-0.25, -0.2) is 0 Å².